The van der Waals surface area contributed by atoms with E-state index in [-0.39, 0.29) is 34.9 Å². The number of carbonyl (C=O) groups excluding carboxylic acids is 1. The highest BCUT2D eigenvalue weighted by molar-refractivity contribution is 6.31. The molecule has 3 rings (SSSR count). The largest absolute Gasteiger partial charge is 0.350 e. The topological polar surface area (TPSA) is 107 Å². The summed E-state index contributed by atoms with van der Waals surface area (Å²) in [6.07, 6.45) is 1.31. The van der Waals surface area contributed by atoms with Crippen LogP contribution in [0.5, 0.6) is 0 Å². The number of nitro groups is 1. The van der Waals surface area contributed by atoms with Crippen molar-refractivity contribution < 1.29 is 14.1 Å². The van der Waals surface area contributed by atoms with Gasteiger partial charge in [0.1, 0.15) is 11.4 Å². The van der Waals surface area contributed by atoms with Crippen LogP contribution in [-0.4, -0.2) is 26.9 Å². The summed E-state index contributed by atoms with van der Waals surface area (Å²) in [6, 6.07) is 10.6. The Morgan fingerprint density at radius 3 is 2.59 bits per heavy atom. The van der Waals surface area contributed by atoms with Crippen LogP contribution in [-0.2, 0) is 6.54 Å². The summed E-state index contributed by atoms with van der Waals surface area (Å²) in [6.45, 7) is 0.148. The molecule has 3 aromatic rings. The van der Waals surface area contributed by atoms with E-state index in [4.69, 9.17) is 11.6 Å². The number of aromatic nitrogens is 2. The normalized spacial score (nSPS) is 10.6. The molecule has 0 bridgehead atoms. The highest BCUT2D eigenvalue weighted by atomic mass is 35.5. The number of nitrogens with one attached hydrogen (secondary N) is 1. The van der Waals surface area contributed by atoms with Gasteiger partial charge in [0.05, 0.1) is 16.9 Å². The lowest BCUT2D eigenvalue weighted by atomic mass is 10.1. The van der Waals surface area contributed by atoms with E-state index in [1.165, 1.54) is 53.4 Å². The third-order valence-electron chi connectivity index (χ3n) is 4.06. The Balaban J connectivity index is 1.67. The van der Waals surface area contributed by atoms with Crippen molar-refractivity contribution >= 4 is 23.2 Å². The van der Waals surface area contributed by atoms with Gasteiger partial charge in [0, 0.05) is 35.8 Å². The van der Waals surface area contributed by atoms with Crippen molar-refractivity contribution in [2.75, 3.05) is 6.54 Å². The van der Waals surface area contributed by atoms with Gasteiger partial charge in [-0.25, -0.2) is 9.37 Å². The summed E-state index contributed by atoms with van der Waals surface area (Å²) in [5, 5.41) is 13.8. The van der Waals surface area contributed by atoms with Gasteiger partial charge in [-0.05, 0) is 36.4 Å². The zero-order valence-corrected chi connectivity index (χ0v) is 15.6. The Morgan fingerprint density at radius 2 is 1.93 bits per heavy atom. The molecule has 148 valence electrons. The molecule has 1 amide bonds. The number of benzene rings is 2. The molecule has 0 saturated carbocycles. The van der Waals surface area contributed by atoms with Crippen molar-refractivity contribution in [1.29, 1.82) is 0 Å². The third-order valence-corrected chi connectivity index (χ3v) is 4.29. The molecule has 8 nitrogen and oxygen atoms in total. The quantitative estimate of drug-likeness (QED) is 0.491. The van der Waals surface area contributed by atoms with Crippen molar-refractivity contribution in [2.24, 2.45) is 0 Å². The van der Waals surface area contributed by atoms with Crippen molar-refractivity contribution in [1.82, 2.24) is 14.9 Å². The van der Waals surface area contributed by atoms with Crippen molar-refractivity contribution in [3.8, 4) is 11.3 Å². The van der Waals surface area contributed by atoms with Crippen molar-refractivity contribution in [2.45, 2.75) is 6.54 Å². The second-order valence-electron chi connectivity index (χ2n) is 5.99. The molecule has 1 N–H and O–H groups in total. The number of nitrogens with zero attached hydrogens (tertiary/aromatic N) is 3. The van der Waals surface area contributed by atoms with E-state index in [9.17, 15) is 24.1 Å². The Hall–Kier alpha value is -3.59. The van der Waals surface area contributed by atoms with Crippen molar-refractivity contribution in [3.63, 3.8) is 0 Å². The summed E-state index contributed by atoms with van der Waals surface area (Å²) in [5.74, 6) is -1.07. The van der Waals surface area contributed by atoms with Gasteiger partial charge in [0.25, 0.3) is 17.2 Å². The molecule has 0 spiro atoms. The second-order valence-corrected chi connectivity index (χ2v) is 6.42. The highest BCUT2D eigenvalue weighted by Gasteiger charge is 2.20. The third kappa shape index (κ3) is 4.82. The maximum atomic E-state index is 13.0. The van der Waals surface area contributed by atoms with Crippen molar-refractivity contribution in [3.05, 3.63) is 91.7 Å². The fraction of sp³-hybridized carbons (Fsp3) is 0.105. The molecule has 1 aromatic heterocycles. The molecular formula is C19H14ClFN4O4. The monoisotopic (exact) mass is 416 g/mol. The standard InChI is InChI=1S/C19H14ClFN4O4/c20-13-3-6-17(25(28)29)15(9-13)19(27)22-7-8-24-11-23-16(10-18(24)26)12-1-4-14(21)5-2-12/h1-6,9-11H,7-8H2,(H,22,27). The Kier molecular flexibility index (Phi) is 5.99. The molecule has 2 aromatic carbocycles. The molecule has 0 aliphatic heterocycles. The van der Waals surface area contributed by atoms with Gasteiger partial charge in [-0.1, -0.05) is 11.6 Å². The van der Waals surface area contributed by atoms with Crippen LogP contribution < -0.4 is 10.9 Å². The SMILES string of the molecule is O=C(NCCn1cnc(-c2ccc(F)cc2)cc1=O)c1cc(Cl)ccc1[N+](=O)[O-]. The zero-order chi connectivity index (χ0) is 21.0. The maximum absolute atomic E-state index is 13.0. The first kappa shape index (κ1) is 20.2. The molecule has 0 aliphatic carbocycles. The Morgan fingerprint density at radius 1 is 1.21 bits per heavy atom. The molecule has 0 fully saturated rings. The number of amides is 1. The summed E-state index contributed by atoms with van der Waals surface area (Å²) < 4.78 is 14.3. The van der Waals surface area contributed by atoms with Crippen LogP contribution in [0.4, 0.5) is 10.1 Å². The average molecular weight is 417 g/mol. The van der Waals surface area contributed by atoms with E-state index < -0.39 is 16.6 Å². The van der Waals surface area contributed by atoms with E-state index in [2.05, 4.69) is 10.3 Å². The van der Waals surface area contributed by atoms with Crippen LogP contribution in [0.25, 0.3) is 11.3 Å². The Bertz CT molecular complexity index is 1130. The first-order chi connectivity index (χ1) is 13.8. The number of nitro benzene ring substituents is 1. The predicted molar refractivity (Wildman–Crippen MR) is 104 cm³/mol. The maximum Gasteiger partial charge on any atom is 0.282 e. The average Bonchev–Trinajstić information content (AvgIpc) is 2.69. The van der Waals surface area contributed by atoms with Gasteiger partial charge in [-0.2, -0.15) is 0 Å². The van der Waals surface area contributed by atoms with Gasteiger partial charge in [0.15, 0.2) is 0 Å². The first-order valence-electron chi connectivity index (χ1n) is 8.40. The van der Waals surface area contributed by atoms with Gasteiger partial charge in [-0.15, -0.1) is 0 Å². The molecule has 1 heterocycles. The Labute approximate surface area is 168 Å². The summed E-state index contributed by atoms with van der Waals surface area (Å²) in [5.41, 5.74) is 0.0957. The fourth-order valence-electron chi connectivity index (χ4n) is 2.61. The van der Waals surface area contributed by atoms with Crippen LogP contribution in [0, 0.1) is 15.9 Å². The van der Waals surface area contributed by atoms with Crippen LogP contribution in [0.3, 0.4) is 0 Å². The second kappa shape index (κ2) is 8.61. The molecule has 29 heavy (non-hydrogen) atoms. The lowest BCUT2D eigenvalue weighted by molar-refractivity contribution is -0.385. The lowest BCUT2D eigenvalue weighted by Gasteiger charge is -2.09. The molecule has 0 saturated heterocycles. The fourth-order valence-corrected chi connectivity index (χ4v) is 2.78. The van der Waals surface area contributed by atoms with Crippen LogP contribution in [0.15, 0.2) is 59.7 Å². The molecule has 10 heteroatoms. The van der Waals surface area contributed by atoms with Crippen LogP contribution in [0.2, 0.25) is 5.02 Å². The van der Waals surface area contributed by atoms with Crippen LogP contribution >= 0.6 is 11.6 Å². The van der Waals surface area contributed by atoms with Crippen LogP contribution in [0.1, 0.15) is 10.4 Å². The summed E-state index contributed by atoms with van der Waals surface area (Å²) >= 11 is 5.81. The number of rotatable bonds is 6. The van der Waals surface area contributed by atoms with E-state index in [1.54, 1.807) is 0 Å². The highest BCUT2D eigenvalue weighted by Crippen LogP contribution is 2.22. The van der Waals surface area contributed by atoms with Gasteiger partial charge >= 0.3 is 0 Å². The summed E-state index contributed by atoms with van der Waals surface area (Å²) in [7, 11) is 0. The molecule has 0 radical (unpaired) electrons. The minimum atomic E-state index is -0.678. The smallest absolute Gasteiger partial charge is 0.282 e. The van der Waals surface area contributed by atoms with E-state index in [0.717, 1.165) is 6.07 Å². The minimum absolute atomic E-state index is 0.0416. The number of carbonyl (C=O) groups is 1. The van der Waals surface area contributed by atoms with Gasteiger partial charge in [-0.3, -0.25) is 24.3 Å². The van der Waals surface area contributed by atoms with E-state index >= 15 is 0 Å². The predicted octanol–water partition coefficient (Wildman–Crippen LogP) is 3.04. The van der Waals surface area contributed by atoms with Gasteiger partial charge in [0.2, 0.25) is 0 Å². The summed E-state index contributed by atoms with van der Waals surface area (Å²) in [4.78, 5) is 39.0. The molecular weight excluding hydrogens is 403 g/mol. The number of halogens is 2. The van der Waals surface area contributed by atoms with E-state index in [0.29, 0.717) is 11.3 Å². The minimum Gasteiger partial charge on any atom is -0.350 e. The zero-order valence-electron chi connectivity index (χ0n) is 14.8. The van der Waals surface area contributed by atoms with Gasteiger partial charge < -0.3 is 5.32 Å². The molecule has 0 atom stereocenters. The molecule has 0 aliphatic rings. The number of hydrogen-bond acceptors (Lipinski definition) is 5. The first-order valence-corrected chi connectivity index (χ1v) is 8.77. The lowest BCUT2D eigenvalue weighted by Crippen LogP contribution is -2.31. The van der Waals surface area contributed by atoms with E-state index in [1.807, 2.05) is 0 Å². The number of hydrogen-bond donors (Lipinski definition) is 1. The molecule has 0 unspecified atom stereocenters.